The maximum atomic E-state index is 13.6. The van der Waals surface area contributed by atoms with Gasteiger partial charge in [0, 0.05) is 31.0 Å². The fourth-order valence-electron chi connectivity index (χ4n) is 5.70. The van der Waals surface area contributed by atoms with Crippen LogP contribution in [0.4, 0.5) is 4.79 Å². The standard InChI is InChI=1S/C34H49N5O7/c1-22(2)18-28(32(43)37-27(15-14-23(3)40)19-26-16-17-35-31(26)42)38-33(44)29(20-36-30(41)25-12-8-5-9-13-25)39-34(45)46-21-24-10-6-4-7-11-24/h4,6-7,10-11,14-15,22,25-29H,5,8-9,12-13,16-21H2,1-3H3,(H,35,42)(H,36,41)(H,37,43)(H,38,44)(H,39,45)/b15-14+/t26-,27+,28-,29-/m0/s1. The van der Waals surface area contributed by atoms with E-state index < -0.39 is 36.0 Å². The summed E-state index contributed by atoms with van der Waals surface area (Å²) in [6.45, 7) is 5.56. The second kappa shape index (κ2) is 18.7. The number of hydrogen-bond acceptors (Lipinski definition) is 7. The van der Waals surface area contributed by atoms with Gasteiger partial charge < -0.3 is 31.3 Å². The lowest BCUT2D eigenvalue weighted by Crippen LogP contribution is -2.58. The van der Waals surface area contributed by atoms with Crippen LogP contribution in [0.5, 0.6) is 0 Å². The van der Waals surface area contributed by atoms with Crippen molar-refractivity contribution in [2.75, 3.05) is 13.1 Å². The van der Waals surface area contributed by atoms with Gasteiger partial charge in [0.1, 0.15) is 18.7 Å². The quantitative estimate of drug-likeness (QED) is 0.173. The first-order valence-electron chi connectivity index (χ1n) is 16.3. The van der Waals surface area contributed by atoms with Crippen LogP contribution in [0.2, 0.25) is 0 Å². The number of carbonyl (C=O) groups excluding carboxylic acids is 6. The van der Waals surface area contributed by atoms with Gasteiger partial charge in [-0.15, -0.1) is 0 Å². The number of carbonyl (C=O) groups is 6. The van der Waals surface area contributed by atoms with Gasteiger partial charge in [-0.1, -0.05) is 69.5 Å². The summed E-state index contributed by atoms with van der Waals surface area (Å²) in [6.07, 6.45) is 7.83. The Hall–Kier alpha value is -4.22. The predicted molar refractivity (Wildman–Crippen MR) is 172 cm³/mol. The number of benzene rings is 1. The maximum Gasteiger partial charge on any atom is 0.408 e. The van der Waals surface area contributed by atoms with E-state index in [2.05, 4.69) is 26.6 Å². The summed E-state index contributed by atoms with van der Waals surface area (Å²) in [6, 6.07) is 6.26. The molecule has 1 heterocycles. The van der Waals surface area contributed by atoms with Gasteiger partial charge in [0.25, 0.3) is 0 Å². The Labute approximate surface area is 271 Å². The number of hydrogen-bond donors (Lipinski definition) is 5. The number of nitrogens with one attached hydrogen (secondary N) is 5. The van der Waals surface area contributed by atoms with Crippen molar-refractivity contribution in [2.45, 2.75) is 96.9 Å². The van der Waals surface area contributed by atoms with Crippen LogP contribution in [0, 0.1) is 17.8 Å². The van der Waals surface area contributed by atoms with E-state index in [0.717, 1.165) is 37.7 Å². The van der Waals surface area contributed by atoms with Gasteiger partial charge in [0.05, 0.1) is 0 Å². The summed E-state index contributed by atoms with van der Waals surface area (Å²) in [5, 5.41) is 13.8. The van der Waals surface area contributed by atoms with Crippen molar-refractivity contribution in [3.63, 3.8) is 0 Å². The van der Waals surface area contributed by atoms with Gasteiger partial charge >= 0.3 is 6.09 Å². The van der Waals surface area contributed by atoms with Crippen molar-refractivity contribution in [1.82, 2.24) is 26.6 Å². The highest BCUT2D eigenvalue weighted by Gasteiger charge is 2.32. The second-order valence-corrected chi connectivity index (χ2v) is 12.6. The van der Waals surface area contributed by atoms with Crippen LogP contribution < -0.4 is 26.6 Å². The smallest absolute Gasteiger partial charge is 0.408 e. The average molecular weight is 640 g/mol. The molecule has 12 heteroatoms. The molecule has 2 fully saturated rings. The Morgan fingerprint density at radius 1 is 0.935 bits per heavy atom. The SMILES string of the molecule is CC(=O)/C=C/[C@H](C[C@@H]1CCNC1=O)NC(=O)[C@H](CC(C)C)NC(=O)[C@H](CNC(=O)C1CCCCC1)NC(=O)OCc1ccccc1. The molecule has 0 radical (unpaired) electrons. The fraction of sp³-hybridized carbons (Fsp3) is 0.588. The molecule has 0 bridgehead atoms. The molecule has 252 valence electrons. The van der Waals surface area contributed by atoms with Crippen LogP contribution in [0.1, 0.15) is 77.7 Å². The van der Waals surface area contributed by atoms with Gasteiger partial charge in [-0.2, -0.15) is 0 Å². The molecular formula is C34H49N5O7. The van der Waals surface area contributed by atoms with Crippen LogP contribution in [0.15, 0.2) is 42.5 Å². The molecule has 5 amide bonds. The third-order valence-electron chi connectivity index (χ3n) is 8.21. The van der Waals surface area contributed by atoms with Crippen LogP contribution in [-0.4, -0.2) is 66.7 Å². The highest BCUT2D eigenvalue weighted by molar-refractivity contribution is 5.92. The molecule has 0 aromatic heterocycles. The average Bonchev–Trinajstić information content (AvgIpc) is 3.44. The Morgan fingerprint density at radius 2 is 1.63 bits per heavy atom. The van der Waals surface area contributed by atoms with Gasteiger partial charge in [-0.25, -0.2) is 4.79 Å². The molecule has 4 atom stereocenters. The normalized spacial score (nSPS) is 18.7. The topological polar surface area (TPSA) is 172 Å². The van der Waals surface area contributed by atoms with E-state index >= 15 is 0 Å². The second-order valence-electron chi connectivity index (χ2n) is 12.6. The van der Waals surface area contributed by atoms with Crippen LogP contribution in [0.25, 0.3) is 0 Å². The third kappa shape index (κ3) is 12.6. The van der Waals surface area contributed by atoms with E-state index in [1.54, 1.807) is 18.2 Å². The molecule has 3 rings (SSSR count). The number of ether oxygens (including phenoxy) is 1. The summed E-state index contributed by atoms with van der Waals surface area (Å²) in [5.41, 5.74) is 0.765. The zero-order chi connectivity index (χ0) is 33.5. The number of ketones is 1. The van der Waals surface area contributed by atoms with Crippen molar-refractivity contribution < 1.29 is 33.5 Å². The van der Waals surface area contributed by atoms with E-state index in [4.69, 9.17) is 4.74 Å². The molecule has 1 aromatic rings. The van der Waals surface area contributed by atoms with Crippen LogP contribution >= 0.6 is 0 Å². The molecule has 0 unspecified atom stereocenters. The van der Waals surface area contributed by atoms with Crippen molar-refractivity contribution >= 4 is 35.5 Å². The molecule has 12 nitrogen and oxygen atoms in total. The minimum Gasteiger partial charge on any atom is -0.445 e. The Balaban J connectivity index is 1.71. The van der Waals surface area contributed by atoms with Crippen molar-refractivity contribution in [3.05, 3.63) is 48.0 Å². The van der Waals surface area contributed by atoms with E-state index in [9.17, 15) is 28.8 Å². The first-order valence-corrected chi connectivity index (χ1v) is 16.3. The van der Waals surface area contributed by atoms with E-state index in [1.807, 2.05) is 32.0 Å². The van der Waals surface area contributed by atoms with Crippen molar-refractivity contribution in [3.8, 4) is 0 Å². The Morgan fingerprint density at radius 3 is 2.26 bits per heavy atom. The van der Waals surface area contributed by atoms with Gasteiger partial charge in [-0.05, 0) is 56.6 Å². The lowest BCUT2D eigenvalue weighted by Gasteiger charge is -2.27. The first kappa shape index (κ1) is 36.3. The number of alkyl carbamates (subject to hydrolysis) is 1. The minimum absolute atomic E-state index is 0.0103. The lowest BCUT2D eigenvalue weighted by molar-refractivity contribution is -0.131. The van der Waals surface area contributed by atoms with E-state index in [-0.39, 0.29) is 54.9 Å². The highest BCUT2D eigenvalue weighted by atomic mass is 16.5. The Kier molecular flexibility index (Phi) is 14.7. The molecule has 5 N–H and O–H groups in total. The summed E-state index contributed by atoms with van der Waals surface area (Å²) in [5.74, 6) is -2.09. The summed E-state index contributed by atoms with van der Waals surface area (Å²) in [7, 11) is 0. The van der Waals surface area contributed by atoms with Gasteiger partial charge in [0.2, 0.25) is 23.6 Å². The molecule has 46 heavy (non-hydrogen) atoms. The summed E-state index contributed by atoms with van der Waals surface area (Å²) >= 11 is 0. The predicted octanol–water partition coefficient (Wildman–Crippen LogP) is 2.67. The minimum atomic E-state index is -1.21. The molecular weight excluding hydrogens is 590 g/mol. The van der Waals surface area contributed by atoms with Crippen LogP contribution in [0.3, 0.4) is 0 Å². The molecule has 1 aliphatic carbocycles. The molecule has 1 saturated heterocycles. The van der Waals surface area contributed by atoms with Gasteiger partial charge in [-0.3, -0.25) is 24.0 Å². The zero-order valence-electron chi connectivity index (χ0n) is 27.1. The molecule has 2 aliphatic rings. The van der Waals surface area contributed by atoms with Gasteiger partial charge in [0.15, 0.2) is 5.78 Å². The zero-order valence-corrected chi connectivity index (χ0v) is 27.1. The highest BCUT2D eigenvalue weighted by Crippen LogP contribution is 2.23. The summed E-state index contributed by atoms with van der Waals surface area (Å²) < 4.78 is 5.33. The van der Waals surface area contributed by atoms with Crippen LogP contribution in [-0.2, 0) is 35.3 Å². The maximum absolute atomic E-state index is 13.6. The van der Waals surface area contributed by atoms with Crippen molar-refractivity contribution in [1.29, 1.82) is 0 Å². The molecule has 0 spiro atoms. The number of allylic oxidation sites excluding steroid dienone is 1. The first-order chi connectivity index (χ1) is 22.0. The van der Waals surface area contributed by atoms with Crippen molar-refractivity contribution in [2.24, 2.45) is 17.8 Å². The van der Waals surface area contributed by atoms with E-state index in [0.29, 0.717) is 19.4 Å². The lowest BCUT2D eigenvalue weighted by atomic mass is 9.88. The molecule has 1 aromatic carbocycles. The largest absolute Gasteiger partial charge is 0.445 e. The molecule has 1 aliphatic heterocycles. The number of rotatable bonds is 16. The third-order valence-corrected chi connectivity index (χ3v) is 8.21. The van der Waals surface area contributed by atoms with E-state index in [1.165, 1.54) is 13.0 Å². The summed E-state index contributed by atoms with van der Waals surface area (Å²) in [4.78, 5) is 76.7. The fourth-order valence-corrected chi connectivity index (χ4v) is 5.70. The molecule has 1 saturated carbocycles. The Bertz CT molecular complexity index is 1230. The monoisotopic (exact) mass is 639 g/mol. The number of amides is 5.